The lowest BCUT2D eigenvalue weighted by molar-refractivity contribution is -0.136. The fourth-order valence-electron chi connectivity index (χ4n) is 1.97. The minimum atomic E-state index is -0.812. The number of thioether (sulfide) groups is 1. The average Bonchev–Trinajstić information content (AvgIpc) is 2.59. The first kappa shape index (κ1) is 17.7. The van der Waals surface area contributed by atoms with Gasteiger partial charge in [-0.25, -0.2) is 5.43 Å². The summed E-state index contributed by atoms with van der Waals surface area (Å²) in [5, 5.41) is 6.39. The van der Waals surface area contributed by atoms with Gasteiger partial charge in [0.2, 0.25) is 0 Å². The van der Waals surface area contributed by atoms with Crippen molar-refractivity contribution in [1.29, 1.82) is 0 Å². The Balaban J connectivity index is 1.92. The predicted octanol–water partition coefficient (Wildman–Crippen LogP) is 3.11. The lowest BCUT2D eigenvalue weighted by Gasteiger charge is -2.09. The van der Waals surface area contributed by atoms with Crippen LogP contribution >= 0.6 is 11.8 Å². The average molecular weight is 341 g/mol. The first-order chi connectivity index (χ1) is 11.5. The SMILES string of the molecule is CSc1ccc(/C=N\NC(=O)C(=O)Nc2cccc(C)c2C)cc1. The molecule has 0 saturated carbocycles. The van der Waals surface area contributed by atoms with Crippen molar-refractivity contribution in [3.8, 4) is 0 Å². The van der Waals surface area contributed by atoms with Crippen LogP contribution in [0.15, 0.2) is 52.5 Å². The van der Waals surface area contributed by atoms with Gasteiger partial charge in [-0.2, -0.15) is 5.10 Å². The molecular formula is C18H19N3O2S. The Morgan fingerprint density at radius 2 is 1.75 bits per heavy atom. The van der Waals surface area contributed by atoms with Crippen LogP contribution in [-0.4, -0.2) is 24.3 Å². The van der Waals surface area contributed by atoms with Gasteiger partial charge in [0.25, 0.3) is 0 Å². The van der Waals surface area contributed by atoms with Gasteiger partial charge in [-0.3, -0.25) is 9.59 Å². The zero-order valence-corrected chi connectivity index (χ0v) is 14.6. The standard InChI is InChI=1S/C18H19N3O2S/c1-12-5-4-6-16(13(12)2)20-17(22)18(23)21-19-11-14-7-9-15(24-3)10-8-14/h4-11H,1-3H3,(H,20,22)(H,21,23)/b19-11-. The van der Waals surface area contributed by atoms with Crippen molar-refractivity contribution >= 4 is 35.5 Å². The van der Waals surface area contributed by atoms with Crippen LogP contribution in [0, 0.1) is 13.8 Å². The number of amides is 2. The molecule has 0 heterocycles. The molecule has 0 saturated heterocycles. The van der Waals surface area contributed by atoms with Crippen molar-refractivity contribution in [2.24, 2.45) is 5.10 Å². The van der Waals surface area contributed by atoms with Crippen LogP contribution in [0.3, 0.4) is 0 Å². The second-order valence-electron chi connectivity index (χ2n) is 5.17. The summed E-state index contributed by atoms with van der Waals surface area (Å²) in [5.74, 6) is -1.56. The van der Waals surface area contributed by atoms with E-state index < -0.39 is 11.8 Å². The van der Waals surface area contributed by atoms with Crippen molar-refractivity contribution in [3.63, 3.8) is 0 Å². The molecule has 0 radical (unpaired) electrons. The van der Waals surface area contributed by atoms with Crippen LogP contribution in [-0.2, 0) is 9.59 Å². The molecule has 24 heavy (non-hydrogen) atoms. The van der Waals surface area contributed by atoms with E-state index >= 15 is 0 Å². The number of benzene rings is 2. The maximum absolute atomic E-state index is 11.9. The minimum Gasteiger partial charge on any atom is -0.317 e. The maximum Gasteiger partial charge on any atom is 0.329 e. The van der Waals surface area contributed by atoms with Crippen LogP contribution in [0.2, 0.25) is 0 Å². The first-order valence-electron chi connectivity index (χ1n) is 7.36. The van der Waals surface area contributed by atoms with E-state index in [1.165, 1.54) is 6.21 Å². The van der Waals surface area contributed by atoms with E-state index in [2.05, 4.69) is 15.8 Å². The monoisotopic (exact) mass is 341 g/mol. The highest BCUT2D eigenvalue weighted by molar-refractivity contribution is 7.98. The Hall–Kier alpha value is -2.60. The van der Waals surface area contributed by atoms with Crippen molar-refractivity contribution in [2.45, 2.75) is 18.7 Å². The van der Waals surface area contributed by atoms with Crippen LogP contribution < -0.4 is 10.7 Å². The number of carbonyl (C=O) groups excluding carboxylic acids is 2. The number of nitrogens with one attached hydrogen (secondary N) is 2. The number of hydrogen-bond acceptors (Lipinski definition) is 4. The third-order valence-electron chi connectivity index (χ3n) is 3.55. The van der Waals surface area contributed by atoms with Gasteiger partial charge < -0.3 is 5.32 Å². The van der Waals surface area contributed by atoms with Gasteiger partial charge in [-0.15, -0.1) is 11.8 Å². The highest BCUT2D eigenvalue weighted by atomic mass is 32.2. The van der Waals surface area contributed by atoms with Crippen molar-refractivity contribution in [1.82, 2.24) is 5.43 Å². The molecular weight excluding hydrogens is 322 g/mol. The molecule has 2 aromatic rings. The topological polar surface area (TPSA) is 70.6 Å². The third-order valence-corrected chi connectivity index (χ3v) is 4.30. The first-order valence-corrected chi connectivity index (χ1v) is 8.58. The number of rotatable bonds is 4. The van der Waals surface area contributed by atoms with Gasteiger partial charge >= 0.3 is 11.8 Å². The molecule has 0 aliphatic heterocycles. The third kappa shape index (κ3) is 4.70. The fourth-order valence-corrected chi connectivity index (χ4v) is 2.38. The summed E-state index contributed by atoms with van der Waals surface area (Å²) in [6, 6.07) is 13.2. The van der Waals surface area contributed by atoms with Crippen molar-refractivity contribution in [3.05, 3.63) is 59.2 Å². The minimum absolute atomic E-state index is 0.617. The largest absolute Gasteiger partial charge is 0.329 e. The summed E-state index contributed by atoms with van der Waals surface area (Å²) in [4.78, 5) is 24.8. The lowest BCUT2D eigenvalue weighted by atomic mass is 10.1. The molecule has 0 aliphatic carbocycles. The molecule has 2 amide bonds. The number of anilines is 1. The van der Waals surface area contributed by atoms with Gasteiger partial charge in [0.05, 0.1) is 6.21 Å². The molecule has 124 valence electrons. The second kappa shape index (κ2) is 8.31. The van der Waals surface area contributed by atoms with Crippen LogP contribution in [0.4, 0.5) is 5.69 Å². The number of carbonyl (C=O) groups is 2. The van der Waals surface area contributed by atoms with Crippen LogP contribution in [0.5, 0.6) is 0 Å². The summed E-state index contributed by atoms with van der Waals surface area (Å²) >= 11 is 1.65. The number of hydrazone groups is 1. The van der Waals surface area contributed by atoms with Crippen molar-refractivity contribution < 1.29 is 9.59 Å². The molecule has 2 N–H and O–H groups in total. The van der Waals surface area contributed by atoms with Crippen LogP contribution in [0.1, 0.15) is 16.7 Å². The van der Waals surface area contributed by atoms with Gasteiger partial charge in [0.1, 0.15) is 0 Å². The number of aryl methyl sites for hydroxylation is 1. The van der Waals surface area contributed by atoms with E-state index in [9.17, 15) is 9.59 Å². The van der Waals surface area contributed by atoms with Gasteiger partial charge in [0.15, 0.2) is 0 Å². The summed E-state index contributed by atoms with van der Waals surface area (Å²) in [6.45, 7) is 3.83. The molecule has 2 aromatic carbocycles. The molecule has 0 atom stereocenters. The smallest absolute Gasteiger partial charge is 0.317 e. The summed E-state index contributed by atoms with van der Waals surface area (Å²) < 4.78 is 0. The Labute approximate surface area is 145 Å². The second-order valence-corrected chi connectivity index (χ2v) is 6.05. The fraction of sp³-hybridized carbons (Fsp3) is 0.167. The van der Waals surface area contributed by atoms with E-state index in [1.807, 2.05) is 56.5 Å². The van der Waals surface area contributed by atoms with E-state index in [-0.39, 0.29) is 0 Å². The van der Waals surface area contributed by atoms with E-state index in [0.29, 0.717) is 5.69 Å². The maximum atomic E-state index is 11.9. The molecule has 0 fully saturated rings. The Bertz CT molecular complexity index is 770. The Morgan fingerprint density at radius 1 is 1.04 bits per heavy atom. The van der Waals surface area contributed by atoms with Crippen LogP contribution in [0.25, 0.3) is 0 Å². The predicted molar refractivity (Wildman–Crippen MR) is 98.5 cm³/mol. The highest BCUT2D eigenvalue weighted by Gasteiger charge is 2.14. The summed E-state index contributed by atoms with van der Waals surface area (Å²) in [5.41, 5.74) is 5.65. The Kier molecular flexibility index (Phi) is 6.14. The lowest BCUT2D eigenvalue weighted by Crippen LogP contribution is -2.32. The highest BCUT2D eigenvalue weighted by Crippen LogP contribution is 2.17. The van der Waals surface area contributed by atoms with Gasteiger partial charge in [-0.1, -0.05) is 24.3 Å². The molecule has 0 bridgehead atoms. The molecule has 0 unspecified atom stereocenters. The van der Waals surface area contributed by atoms with Crippen molar-refractivity contribution in [2.75, 3.05) is 11.6 Å². The Morgan fingerprint density at radius 3 is 2.42 bits per heavy atom. The molecule has 5 nitrogen and oxygen atoms in total. The molecule has 6 heteroatoms. The van der Waals surface area contributed by atoms with E-state index in [0.717, 1.165) is 21.6 Å². The summed E-state index contributed by atoms with van der Waals surface area (Å²) in [7, 11) is 0. The molecule has 0 aliphatic rings. The number of hydrogen-bond donors (Lipinski definition) is 2. The quantitative estimate of drug-likeness (QED) is 0.388. The zero-order chi connectivity index (χ0) is 17.5. The molecule has 0 spiro atoms. The van der Waals surface area contributed by atoms with Gasteiger partial charge in [0, 0.05) is 10.6 Å². The molecule has 0 aromatic heterocycles. The van der Waals surface area contributed by atoms with Gasteiger partial charge in [-0.05, 0) is 55.0 Å². The zero-order valence-electron chi connectivity index (χ0n) is 13.8. The normalized spacial score (nSPS) is 10.6. The summed E-state index contributed by atoms with van der Waals surface area (Å²) in [6.07, 6.45) is 3.49. The number of nitrogens with zero attached hydrogens (tertiary/aromatic N) is 1. The van der Waals surface area contributed by atoms with E-state index in [4.69, 9.17) is 0 Å². The van der Waals surface area contributed by atoms with E-state index in [1.54, 1.807) is 17.8 Å². The molecule has 2 rings (SSSR count).